The molecule has 3 heterocycles. The van der Waals surface area contributed by atoms with E-state index in [1.54, 1.807) is 0 Å². The van der Waals surface area contributed by atoms with E-state index in [4.69, 9.17) is 4.74 Å². The second kappa shape index (κ2) is 8.81. The molecule has 0 spiro atoms. The van der Waals surface area contributed by atoms with E-state index >= 15 is 0 Å². The van der Waals surface area contributed by atoms with Gasteiger partial charge in [0.15, 0.2) is 0 Å². The Morgan fingerprint density at radius 3 is 2.60 bits per heavy atom. The van der Waals surface area contributed by atoms with Gasteiger partial charge in [-0.1, -0.05) is 0 Å². The predicted molar refractivity (Wildman–Crippen MR) is 112 cm³/mol. The Kier molecular flexibility index (Phi) is 6.15. The Morgan fingerprint density at radius 1 is 1.20 bits per heavy atom. The lowest BCUT2D eigenvalue weighted by atomic mass is 9.95. The highest BCUT2D eigenvalue weighted by molar-refractivity contribution is 5.79. The molecule has 0 aliphatic carbocycles. The number of benzene rings is 1. The third-order valence-corrected chi connectivity index (χ3v) is 6.07. The van der Waals surface area contributed by atoms with Crippen LogP contribution >= 0.6 is 0 Å². The topological polar surface area (TPSA) is 67.7 Å². The molecule has 0 N–H and O–H groups in total. The maximum absolute atomic E-state index is 13.5. The summed E-state index contributed by atoms with van der Waals surface area (Å²) in [5, 5.41) is 0.193. The molecule has 1 aromatic carbocycles. The summed E-state index contributed by atoms with van der Waals surface area (Å²) in [7, 11) is 0. The van der Waals surface area contributed by atoms with Gasteiger partial charge in [-0.2, -0.15) is 0 Å². The minimum atomic E-state index is -0.489. The Labute approximate surface area is 175 Å². The van der Waals surface area contributed by atoms with Gasteiger partial charge in [-0.3, -0.25) is 19.1 Å². The first kappa shape index (κ1) is 20.9. The van der Waals surface area contributed by atoms with Crippen LogP contribution in [0.5, 0.6) is 0 Å². The lowest BCUT2D eigenvalue weighted by molar-refractivity contribution is -0.133. The van der Waals surface area contributed by atoms with Crippen LogP contribution in [0.2, 0.25) is 0 Å². The number of nitrogens with zero attached hydrogens (tertiary/aromatic N) is 4. The Balaban J connectivity index is 1.33. The normalized spacial score (nSPS) is 23.8. The Hall–Kier alpha value is -2.32. The molecule has 2 aliphatic rings. The van der Waals surface area contributed by atoms with Crippen LogP contribution in [0, 0.1) is 11.7 Å². The maximum atomic E-state index is 13.5. The standard InChI is InChI=1S/C22H29FN4O3/c1-15-10-25(11-16(2)30-15)12-17-5-7-26(8-6-17)21(28)13-27-14-24-20-4-3-18(23)9-19(20)22(27)29/h3-4,9,14-17H,5-8,10-13H2,1-2H3. The summed E-state index contributed by atoms with van der Waals surface area (Å²) < 4.78 is 20.6. The molecule has 7 nitrogen and oxygen atoms in total. The average Bonchev–Trinajstić information content (AvgIpc) is 2.70. The number of hydrogen-bond acceptors (Lipinski definition) is 5. The first-order valence-electron chi connectivity index (χ1n) is 10.7. The zero-order valence-electron chi connectivity index (χ0n) is 17.6. The van der Waals surface area contributed by atoms with E-state index < -0.39 is 11.4 Å². The van der Waals surface area contributed by atoms with Crippen molar-refractivity contribution in [2.24, 2.45) is 5.92 Å². The second-order valence-electron chi connectivity index (χ2n) is 8.64. The minimum absolute atomic E-state index is 0.0680. The molecular formula is C22H29FN4O3. The first-order valence-corrected chi connectivity index (χ1v) is 10.7. The van der Waals surface area contributed by atoms with E-state index in [-0.39, 0.29) is 30.0 Å². The molecule has 2 atom stereocenters. The first-order chi connectivity index (χ1) is 14.4. The summed E-state index contributed by atoms with van der Waals surface area (Å²) in [6, 6.07) is 3.91. The van der Waals surface area contributed by atoms with Gasteiger partial charge in [-0.25, -0.2) is 9.37 Å². The summed E-state index contributed by atoms with van der Waals surface area (Å²) in [5.74, 6) is -0.0158. The SMILES string of the molecule is CC1CN(CC2CCN(C(=O)Cn3cnc4ccc(F)cc4c3=O)CC2)CC(C)O1. The van der Waals surface area contributed by atoms with Crippen LogP contribution in [0.15, 0.2) is 29.3 Å². The van der Waals surface area contributed by atoms with Crippen LogP contribution in [-0.4, -0.2) is 70.2 Å². The molecule has 1 aromatic heterocycles. The number of morpholine rings is 1. The van der Waals surface area contributed by atoms with Crippen LogP contribution in [0.25, 0.3) is 10.9 Å². The summed E-state index contributed by atoms with van der Waals surface area (Å²) in [5.41, 5.74) is 0.0379. The Bertz CT molecular complexity index is 960. The lowest BCUT2D eigenvalue weighted by Crippen LogP contribution is -2.49. The van der Waals surface area contributed by atoms with Gasteiger partial charge in [0, 0.05) is 32.7 Å². The van der Waals surface area contributed by atoms with Gasteiger partial charge in [0.25, 0.3) is 5.56 Å². The van der Waals surface area contributed by atoms with Crippen molar-refractivity contribution in [1.82, 2.24) is 19.4 Å². The van der Waals surface area contributed by atoms with E-state index in [2.05, 4.69) is 23.7 Å². The number of likely N-dealkylation sites (tertiary alicyclic amines) is 1. The molecule has 2 saturated heterocycles. The highest BCUT2D eigenvalue weighted by Crippen LogP contribution is 2.21. The molecule has 2 aromatic rings. The number of carbonyl (C=O) groups excluding carboxylic acids is 1. The van der Waals surface area contributed by atoms with E-state index in [1.807, 2.05) is 4.90 Å². The van der Waals surface area contributed by atoms with E-state index in [0.717, 1.165) is 32.5 Å². The van der Waals surface area contributed by atoms with Gasteiger partial charge < -0.3 is 9.64 Å². The van der Waals surface area contributed by atoms with Crippen molar-refractivity contribution >= 4 is 16.8 Å². The number of halogens is 1. The van der Waals surface area contributed by atoms with E-state index in [9.17, 15) is 14.0 Å². The second-order valence-corrected chi connectivity index (χ2v) is 8.64. The van der Waals surface area contributed by atoms with Crippen molar-refractivity contribution in [2.45, 2.75) is 45.4 Å². The minimum Gasteiger partial charge on any atom is -0.373 e. The number of rotatable bonds is 4. The van der Waals surface area contributed by atoms with Crippen molar-refractivity contribution in [3.63, 3.8) is 0 Å². The van der Waals surface area contributed by atoms with Crippen molar-refractivity contribution in [1.29, 1.82) is 0 Å². The monoisotopic (exact) mass is 416 g/mol. The molecule has 0 radical (unpaired) electrons. The van der Waals surface area contributed by atoms with Crippen molar-refractivity contribution < 1.29 is 13.9 Å². The van der Waals surface area contributed by atoms with Crippen molar-refractivity contribution in [3.05, 3.63) is 40.7 Å². The highest BCUT2D eigenvalue weighted by atomic mass is 19.1. The van der Waals surface area contributed by atoms with E-state index in [0.29, 0.717) is 24.5 Å². The van der Waals surface area contributed by atoms with Crippen LogP contribution in [-0.2, 0) is 16.1 Å². The number of amides is 1. The van der Waals surface area contributed by atoms with Gasteiger partial charge in [-0.15, -0.1) is 0 Å². The van der Waals surface area contributed by atoms with Crippen molar-refractivity contribution in [2.75, 3.05) is 32.7 Å². The van der Waals surface area contributed by atoms with E-state index in [1.165, 1.54) is 29.1 Å². The number of carbonyl (C=O) groups is 1. The largest absolute Gasteiger partial charge is 0.373 e. The zero-order valence-corrected chi connectivity index (χ0v) is 17.6. The maximum Gasteiger partial charge on any atom is 0.261 e. The van der Waals surface area contributed by atoms with Crippen LogP contribution in [0.4, 0.5) is 4.39 Å². The molecule has 30 heavy (non-hydrogen) atoms. The summed E-state index contributed by atoms with van der Waals surface area (Å²) >= 11 is 0. The van der Waals surface area contributed by atoms with Gasteiger partial charge >= 0.3 is 0 Å². The third kappa shape index (κ3) is 4.70. The smallest absolute Gasteiger partial charge is 0.261 e. The summed E-state index contributed by atoms with van der Waals surface area (Å²) in [6.07, 6.45) is 3.81. The molecule has 0 bridgehead atoms. The average molecular weight is 416 g/mol. The summed E-state index contributed by atoms with van der Waals surface area (Å²) in [4.78, 5) is 33.8. The molecule has 162 valence electrons. The van der Waals surface area contributed by atoms with Gasteiger partial charge in [0.2, 0.25) is 5.91 Å². The number of aromatic nitrogens is 2. The molecule has 8 heteroatoms. The van der Waals surface area contributed by atoms with Crippen LogP contribution in [0.1, 0.15) is 26.7 Å². The molecule has 4 rings (SSSR count). The van der Waals surface area contributed by atoms with Gasteiger partial charge in [0.05, 0.1) is 29.4 Å². The number of ether oxygens (including phenoxy) is 1. The highest BCUT2D eigenvalue weighted by Gasteiger charge is 2.28. The molecule has 2 aliphatic heterocycles. The number of fused-ring (bicyclic) bond motifs is 1. The van der Waals surface area contributed by atoms with Crippen LogP contribution in [0.3, 0.4) is 0 Å². The van der Waals surface area contributed by atoms with Crippen molar-refractivity contribution in [3.8, 4) is 0 Å². The predicted octanol–water partition coefficient (Wildman–Crippen LogP) is 1.88. The number of hydrogen-bond donors (Lipinski definition) is 0. The number of piperidine rings is 1. The molecule has 2 unspecified atom stereocenters. The molecule has 0 saturated carbocycles. The molecular weight excluding hydrogens is 387 g/mol. The van der Waals surface area contributed by atoms with Crippen LogP contribution < -0.4 is 5.56 Å². The summed E-state index contributed by atoms with van der Waals surface area (Å²) in [6.45, 7) is 8.52. The fourth-order valence-electron chi connectivity index (χ4n) is 4.65. The quantitative estimate of drug-likeness (QED) is 0.761. The fraction of sp³-hybridized carbons (Fsp3) is 0.591. The van der Waals surface area contributed by atoms with Gasteiger partial charge in [-0.05, 0) is 50.8 Å². The fourth-order valence-corrected chi connectivity index (χ4v) is 4.65. The molecule has 1 amide bonds. The lowest BCUT2D eigenvalue weighted by Gasteiger charge is -2.39. The molecule has 2 fully saturated rings. The zero-order chi connectivity index (χ0) is 21.3. The third-order valence-electron chi connectivity index (χ3n) is 6.07. The Morgan fingerprint density at radius 2 is 1.90 bits per heavy atom. The van der Waals surface area contributed by atoms with Gasteiger partial charge in [0.1, 0.15) is 12.4 Å².